The van der Waals surface area contributed by atoms with Crippen LogP contribution in [0.5, 0.6) is 0 Å². The number of rotatable bonds is 5. The molecule has 3 heteroatoms. The Morgan fingerprint density at radius 1 is 1.05 bits per heavy atom. The van der Waals surface area contributed by atoms with Crippen LogP contribution in [0.15, 0.2) is 30.3 Å². The van der Waals surface area contributed by atoms with Crippen molar-refractivity contribution >= 4 is 0 Å². The topological polar surface area (TPSA) is 27.7 Å². The fourth-order valence-electron chi connectivity index (χ4n) is 3.49. The highest BCUT2D eigenvalue weighted by Gasteiger charge is 2.48. The summed E-state index contributed by atoms with van der Waals surface area (Å²) in [6.07, 6.45) is 5.35. The van der Waals surface area contributed by atoms with Crippen molar-refractivity contribution in [1.29, 1.82) is 0 Å². The van der Waals surface area contributed by atoms with Gasteiger partial charge in [-0.05, 0) is 37.7 Å². The first-order valence-corrected chi connectivity index (χ1v) is 8.16. The molecular weight excluding hydrogens is 264 g/mol. The average Bonchev–Trinajstić information content (AvgIpc) is 2.88. The summed E-state index contributed by atoms with van der Waals surface area (Å²) in [5.74, 6) is 0. The minimum absolute atomic E-state index is 0.0599. The van der Waals surface area contributed by atoms with E-state index in [1.165, 1.54) is 5.56 Å². The third-order valence-electron chi connectivity index (χ3n) is 4.99. The molecule has 2 fully saturated rings. The number of hydrogen-bond acceptors (Lipinski definition) is 3. The Balaban J connectivity index is 1.55. The standard InChI is InChI=1S/C18H26O3/c1-2-17(15-20-14-16-6-4-3-5-7-16)8-9-18(21-17)10-12-19-13-11-18/h3-7H,2,8-15H2,1H3. The summed E-state index contributed by atoms with van der Waals surface area (Å²) in [5, 5.41) is 0. The molecule has 116 valence electrons. The van der Waals surface area contributed by atoms with Gasteiger partial charge in [-0.3, -0.25) is 0 Å². The highest BCUT2D eigenvalue weighted by molar-refractivity contribution is 5.13. The summed E-state index contributed by atoms with van der Waals surface area (Å²) in [4.78, 5) is 0. The SMILES string of the molecule is CCC1(COCc2ccccc2)CCC2(CCOCC2)O1. The Labute approximate surface area is 127 Å². The third kappa shape index (κ3) is 3.47. The summed E-state index contributed by atoms with van der Waals surface area (Å²) >= 11 is 0. The molecule has 0 amide bonds. The molecule has 1 unspecified atom stereocenters. The van der Waals surface area contributed by atoms with E-state index in [2.05, 4.69) is 31.2 Å². The van der Waals surface area contributed by atoms with Gasteiger partial charge >= 0.3 is 0 Å². The van der Waals surface area contributed by atoms with E-state index in [-0.39, 0.29) is 11.2 Å². The fraction of sp³-hybridized carbons (Fsp3) is 0.667. The van der Waals surface area contributed by atoms with Crippen LogP contribution < -0.4 is 0 Å². The van der Waals surface area contributed by atoms with Crippen LogP contribution in [0, 0.1) is 0 Å². The van der Waals surface area contributed by atoms with E-state index in [0.717, 1.165) is 45.3 Å². The first-order valence-electron chi connectivity index (χ1n) is 8.16. The quantitative estimate of drug-likeness (QED) is 0.827. The van der Waals surface area contributed by atoms with E-state index in [4.69, 9.17) is 14.2 Å². The predicted molar refractivity (Wildman–Crippen MR) is 82.2 cm³/mol. The number of hydrogen-bond donors (Lipinski definition) is 0. The van der Waals surface area contributed by atoms with Crippen LogP contribution >= 0.6 is 0 Å². The lowest BCUT2D eigenvalue weighted by molar-refractivity contribution is -0.167. The summed E-state index contributed by atoms with van der Waals surface area (Å²) < 4.78 is 18.0. The number of benzene rings is 1. The maximum Gasteiger partial charge on any atom is 0.0921 e. The van der Waals surface area contributed by atoms with Gasteiger partial charge < -0.3 is 14.2 Å². The Morgan fingerprint density at radius 2 is 1.81 bits per heavy atom. The van der Waals surface area contributed by atoms with Gasteiger partial charge in [0, 0.05) is 13.2 Å². The highest BCUT2D eigenvalue weighted by Crippen LogP contribution is 2.45. The van der Waals surface area contributed by atoms with E-state index in [1.807, 2.05) is 6.07 Å². The molecule has 2 aliphatic heterocycles. The Kier molecular flexibility index (Phi) is 4.63. The fourth-order valence-corrected chi connectivity index (χ4v) is 3.49. The molecule has 1 aromatic carbocycles. The molecule has 1 spiro atoms. The molecular formula is C18H26O3. The average molecular weight is 290 g/mol. The third-order valence-corrected chi connectivity index (χ3v) is 4.99. The zero-order valence-corrected chi connectivity index (χ0v) is 13.0. The van der Waals surface area contributed by atoms with Crippen molar-refractivity contribution in [2.24, 2.45) is 0 Å². The largest absolute Gasteiger partial charge is 0.381 e. The van der Waals surface area contributed by atoms with Gasteiger partial charge in [0.2, 0.25) is 0 Å². The van der Waals surface area contributed by atoms with Gasteiger partial charge in [-0.15, -0.1) is 0 Å². The van der Waals surface area contributed by atoms with Crippen molar-refractivity contribution in [3.63, 3.8) is 0 Å². The minimum atomic E-state index is -0.0912. The number of ether oxygens (including phenoxy) is 3. The van der Waals surface area contributed by atoms with Crippen LogP contribution in [0.25, 0.3) is 0 Å². The molecule has 2 aliphatic rings. The maximum atomic E-state index is 6.56. The molecule has 0 bridgehead atoms. The predicted octanol–water partition coefficient (Wildman–Crippen LogP) is 3.71. The van der Waals surface area contributed by atoms with Crippen LogP contribution in [-0.2, 0) is 20.8 Å². The van der Waals surface area contributed by atoms with Crippen LogP contribution in [0.3, 0.4) is 0 Å². The van der Waals surface area contributed by atoms with E-state index in [1.54, 1.807) is 0 Å². The zero-order valence-electron chi connectivity index (χ0n) is 13.0. The molecule has 3 rings (SSSR count). The second kappa shape index (κ2) is 6.47. The molecule has 0 saturated carbocycles. The van der Waals surface area contributed by atoms with E-state index < -0.39 is 0 Å². The lowest BCUT2D eigenvalue weighted by Crippen LogP contribution is -2.42. The van der Waals surface area contributed by atoms with Crippen molar-refractivity contribution in [2.75, 3.05) is 19.8 Å². The van der Waals surface area contributed by atoms with E-state index >= 15 is 0 Å². The second-order valence-electron chi connectivity index (χ2n) is 6.41. The molecule has 3 nitrogen and oxygen atoms in total. The van der Waals surface area contributed by atoms with Crippen LogP contribution in [0.2, 0.25) is 0 Å². The van der Waals surface area contributed by atoms with Crippen molar-refractivity contribution in [3.8, 4) is 0 Å². The Bertz CT molecular complexity index is 439. The van der Waals surface area contributed by atoms with E-state index in [0.29, 0.717) is 13.2 Å². The van der Waals surface area contributed by atoms with Gasteiger partial charge in [0.15, 0.2) is 0 Å². The minimum Gasteiger partial charge on any atom is -0.381 e. The molecule has 1 aromatic rings. The van der Waals surface area contributed by atoms with Gasteiger partial charge in [0.25, 0.3) is 0 Å². The summed E-state index contributed by atoms with van der Waals surface area (Å²) in [7, 11) is 0. The molecule has 0 aliphatic carbocycles. The first-order chi connectivity index (χ1) is 10.3. The van der Waals surface area contributed by atoms with Crippen LogP contribution in [0.4, 0.5) is 0 Å². The molecule has 2 heterocycles. The second-order valence-corrected chi connectivity index (χ2v) is 6.41. The van der Waals surface area contributed by atoms with Crippen molar-refractivity contribution < 1.29 is 14.2 Å². The van der Waals surface area contributed by atoms with Gasteiger partial charge in [-0.1, -0.05) is 37.3 Å². The monoisotopic (exact) mass is 290 g/mol. The van der Waals surface area contributed by atoms with Crippen molar-refractivity contribution in [3.05, 3.63) is 35.9 Å². The lowest BCUT2D eigenvalue weighted by Gasteiger charge is -2.37. The van der Waals surface area contributed by atoms with Gasteiger partial charge in [0.1, 0.15) is 0 Å². The Hall–Kier alpha value is -0.900. The molecule has 0 radical (unpaired) electrons. The van der Waals surface area contributed by atoms with Gasteiger partial charge in [0.05, 0.1) is 24.4 Å². The van der Waals surface area contributed by atoms with Gasteiger partial charge in [-0.25, -0.2) is 0 Å². The Morgan fingerprint density at radius 3 is 2.52 bits per heavy atom. The molecule has 21 heavy (non-hydrogen) atoms. The molecule has 2 saturated heterocycles. The van der Waals surface area contributed by atoms with Crippen molar-refractivity contribution in [1.82, 2.24) is 0 Å². The van der Waals surface area contributed by atoms with E-state index in [9.17, 15) is 0 Å². The lowest BCUT2D eigenvalue weighted by atomic mass is 9.89. The van der Waals surface area contributed by atoms with Crippen molar-refractivity contribution in [2.45, 2.75) is 56.8 Å². The van der Waals surface area contributed by atoms with Gasteiger partial charge in [-0.2, -0.15) is 0 Å². The zero-order chi connectivity index (χ0) is 14.6. The summed E-state index contributed by atoms with van der Waals surface area (Å²) in [6.45, 7) is 5.25. The first kappa shape index (κ1) is 15.0. The molecule has 0 N–H and O–H groups in total. The summed E-state index contributed by atoms with van der Waals surface area (Å²) in [6, 6.07) is 10.4. The summed E-state index contributed by atoms with van der Waals surface area (Å²) in [5.41, 5.74) is 1.19. The smallest absolute Gasteiger partial charge is 0.0921 e. The normalized spacial score (nSPS) is 28.0. The maximum absolute atomic E-state index is 6.56. The highest BCUT2D eigenvalue weighted by atomic mass is 16.6. The molecule has 0 aromatic heterocycles. The van der Waals surface area contributed by atoms with Crippen LogP contribution in [-0.4, -0.2) is 31.0 Å². The van der Waals surface area contributed by atoms with Crippen LogP contribution in [0.1, 0.15) is 44.6 Å². The molecule has 1 atom stereocenters.